The Morgan fingerprint density at radius 2 is 1.74 bits per heavy atom. The Bertz CT molecular complexity index is 1140. The summed E-state index contributed by atoms with van der Waals surface area (Å²) < 4.78 is 11.5. The summed E-state index contributed by atoms with van der Waals surface area (Å²) in [6, 6.07) is 14.0. The number of hydrogen-bond acceptors (Lipinski definition) is 6. The van der Waals surface area contributed by atoms with Crippen LogP contribution < -0.4 is 10.2 Å². The normalized spacial score (nSPS) is 10.9. The number of carbonyl (C=O) groups is 2. The van der Waals surface area contributed by atoms with E-state index in [0.29, 0.717) is 20.3 Å². The second-order valence-electron chi connectivity index (χ2n) is 6.32. The summed E-state index contributed by atoms with van der Waals surface area (Å²) in [4.78, 5) is 23.9. The molecule has 0 saturated carbocycles. The number of benzene rings is 3. The Morgan fingerprint density at radius 3 is 2.39 bits per heavy atom. The van der Waals surface area contributed by atoms with Crippen molar-refractivity contribution < 1.29 is 24.2 Å². The monoisotopic (exact) mass is 548 g/mol. The second-order valence-corrected chi connectivity index (χ2v) is 8.03. The van der Waals surface area contributed by atoms with E-state index in [2.05, 4.69) is 42.4 Å². The number of rotatable bonds is 7. The highest BCUT2D eigenvalue weighted by Gasteiger charge is 2.13. The number of fused-ring (bicyclic) bond motifs is 1. The zero-order valence-electron chi connectivity index (χ0n) is 16.4. The first-order chi connectivity index (χ1) is 14.9. The number of phenols is 1. The van der Waals surface area contributed by atoms with Gasteiger partial charge in [0.2, 0.25) is 0 Å². The Balaban J connectivity index is 1.69. The molecule has 0 saturated heterocycles. The molecule has 0 aliphatic carbocycles. The first kappa shape index (κ1) is 22.8. The van der Waals surface area contributed by atoms with Crippen LogP contribution in [0.15, 0.2) is 62.6 Å². The van der Waals surface area contributed by atoms with Crippen LogP contribution in [0, 0.1) is 0 Å². The van der Waals surface area contributed by atoms with Gasteiger partial charge in [0.15, 0.2) is 6.61 Å². The van der Waals surface area contributed by atoms with Crippen molar-refractivity contribution in [3.63, 3.8) is 0 Å². The van der Waals surface area contributed by atoms with E-state index in [1.165, 1.54) is 12.3 Å². The van der Waals surface area contributed by atoms with E-state index < -0.39 is 11.9 Å². The van der Waals surface area contributed by atoms with Crippen molar-refractivity contribution in [1.82, 2.24) is 5.43 Å². The molecule has 0 heterocycles. The third kappa shape index (κ3) is 5.83. The average molecular weight is 550 g/mol. The molecule has 0 spiro atoms. The van der Waals surface area contributed by atoms with E-state index in [0.717, 1.165) is 10.8 Å². The molecule has 1 amide bonds. The quantitative estimate of drug-likeness (QED) is 0.251. The van der Waals surface area contributed by atoms with Crippen LogP contribution in [0.5, 0.6) is 11.5 Å². The molecule has 31 heavy (non-hydrogen) atoms. The largest absolute Gasteiger partial charge is 0.507 e. The lowest BCUT2D eigenvalue weighted by Crippen LogP contribution is -2.17. The molecule has 160 valence electrons. The summed E-state index contributed by atoms with van der Waals surface area (Å²) in [5, 5.41) is 15.8. The van der Waals surface area contributed by atoms with Crippen LogP contribution in [0.1, 0.15) is 22.8 Å². The highest BCUT2D eigenvalue weighted by molar-refractivity contribution is 9.11. The van der Waals surface area contributed by atoms with Gasteiger partial charge in [-0.05, 0) is 79.4 Å². The zero-order chi connectivity index (χ0) is 22.4. The molecule has 0 aliphatic heterocycles. The molecule has 3 rings (SSSR count). The summed E-state index contributed by atoms with van der Waals surface area (Å²) in [6.45, 7) is 1.78. The van der Waals surface area contributed by atoms with Crippen molar-refractivity contribution in [2.24, 2.45) is 5.10 Å². The number of halogens is 2. The fourth-order valence-corrected chi connectivity index (χ4v) is 4.21. The SMILES string of the molecule is CCOC(=O)COc1c(Br)cc(C=NNC(=O)c2cc3ccccc3cc2O)cc1Br. The predicted molar refractivity (Wildman–Crippen MR) is 125 cm³/mol. The van der Waals surface area contributed by atoms with Crippen LogP contribution in [0.3, 0.4) is 0 Å². The first-order valence-electron chi connectivity index (χ1n) is 9.21. The zero-order valence-corrected chi connectivity index (χ0v) is 19.6. The lowest BCUT2D eigenvalue weighted by atomic mass is 10.1. The molecular weight excluding hydrogens is 532 g/mol. The second kappa shape index (κ2) is 10.4. The number of ether oxygens (including phenoxy) is 2. The topological polar surface area (TPSA) is 97.2 Å². The van der Waals surface area contributed by atoms with Gasteiger partial charge in [-0.25, -0.2) is 10.2 Å². The third-order valence-electron chi connectivity index (χ3n) is 4.15. The average Bonchev–Trinajstić information content (AvgIpc) is 2.72. The van der Waals surface area contributed by atoms with Gasteiger partial charge in [0.05, 0.1) is 27.3 Å². The molecule has 3 aromatic carbocycles. The summed E-state index contributed by atoms with van der Waals surface area (Å²) in [6.07, 6.45) is 1.45. The van der Waals surface area contributed by atoms with Crippen LogP contribution in [-0.4, -0.2) is 36.4 Å². The molecule has 0 unspecified atom stereocenters. The van der Waals surface area contributed by atoms with Gasteiger partial charge in [-0.15, -0.1) is 0 Å². The number of aromatic hydroxyl groups is 1. The van der Waals surface area contributed by atoms with Gasteiger partial charge in [0.1, 0.15) is 11.5 Å². The van der Waals surface area contributed by atoms with E-state index in [4.69, 9.17) is 9.47 Å². The summed E-state index contributed by atoms with van der Waals surface area (Å²) in [5.74, 6) is -0.686. The van der Waals surface area contributed by atoms with Gasteiger partial charge in [0.25, 0.3) is 5.91 Å². The van der Waals surface area contributed by atoms with E-state index >= 15 is 0 Å². The maximum atomic E-state index is 12.4. The van der Waals surface area contributed by atoms with Gasteiger partial charge >= 0.3 is 5.97 Å². The van der Waals surface area contributed by atoms with Crippen LogP contribution in [0.2, 0.25) is 0 Å². The summed E-state index contributed by atoms with van der Waals surface area (Å²) >= 11 is 6.78. The molecule has 2 N–H and O–H groups in total. The Hall–Kier alpha value is -2.91. The summed E-state index contributed by atoms with van der Waals surface area (Å²) in [5.41, 5.74) is 3.19. The maximum absolute atomic E-state index is 12.4. The van der Waals surface area contributed by atoms with Gasteiger partial charge in [0, 0.05) is 0 Å². The Morgan fingerprint density at radius 1 is 1.10 bits per heavy atom. The van der Waals surface area contributed by atoms with Crippen molar-refractivity contribution in [1.29, 1.82) is 0 Å². The van der Waals surface area contributed by atoms with Gasteiger partial charge in [-0.3, -0.25) is 4.79 Å². The van der Waals surface area contributed by atoms with Gasteiger partial charge in [-0.1, -0.05) is 24.3 Å². The minimum absolute atomic E-state index is 0.125. The molecule has 7 nitrogen and oxygen atoms in total. The van der Waals surface area contributed by atoms with Crippen molar-refractivity contribution in [2.75, 3.05) is 13.2 Å². The van der Waals surface area contributed by atoms with Crippen molar-refractivity contribution in [3.8, 4) is 11.5 Å². The third-order valence-corrected chi connectivity index (χ3v) is 5.33. The molecule has 0 aromatic heterocycles. The van der Waals surface area contributed by atoms with Crippen molar-refractivity contribution in [2.45, 2.75) is 6.92 Å². The Labute approximate surface area is 195 Å². The minimum atomic E-state index is -0.535. The highest BCUT2D eigenvalue weighted by atomic mass is 79.9. The number of carbonyl (C=O) groups excluding carboxylic acids is 2. The number of amides is 1. The number of hydrogen-bond donors (Lipinski definition) is 2. The van der Waals surface area contributed by atoms with Crippen LogP contribution in [-0.2, 0) is 9.53 Å². The van der Waals surface area contributed by atoms with Crippen LogP contribution in [0.4, 0.5) is 0 Å². The number of nitrogens with zero attached hydrogens (tertiary/aromatic N) is 1. The molecule has 0 aliphatic rings. The van der Waals surface area contributed by atoms with E-state index in [1.54, 1.807) is 25.1 Å². The number of hydrazone groups is 1. The van der Waals surface area contributed by atoms with Gasteiger partial charge < -0.3 is 14.6 Å². The van der Waals surface area contributed by atoms with Crippen molar-refractivity contribution >= 4 is 60.7 Å². The molecule has 9 heteroatoms. The fraction of sp³-hybridized carbons (Fsp3) is 0.136. The molecule has 0 bridgehead atoms. The standard InChI is InChI=1S/C22H18Br2N2O5/c1-2-30-20(28)12-31-21-17(23)7-13(8-18(21)24)11-25-26-22(29)16-9-14-5-3-4-6-15(14)10-19(16)27/h3-11,27H,2,12H2,1H3,(H,26,29). The first-order valence-corrected chi connectivity index (χ1v) is 10.8. The lowest BCUT2D eigenvalue weighted by Gasteiger charge is -2.10. The molecular formula is C22H18Br2N2O5. The number of phenolic OH excluding ortho intramolecular Hbond substituents is 1. The van der Waals surface area contributed by atoms with E-state index in [-0.39, 0.29) is 24.5 Å². The van der Waals surface area contributed by atoms with Crippen LogP contribution >= 0.6 is 31.9 Å². The van der Waals surface area contributed by atoms with Gasteiger partial charge in [-0.2, -0.15) is 5.10 Å². The molecule has 3 aromatic rings. The lowest BCUT2D eigenvalue weighted by molar-refractivity contribution is -0.145. The fourth-order valence-electron chi connectivity index (χ4n) is 2.76. The van der Waals surface area contributed by atoms with Crippen molar-refractivity contribution in [3.05, 3.63) is 68.6 Å². The predicted octanol–water partition coefficient (Wildman–Crippen LogP) is 4.78. The number of esters is 1. The summed E-state index contributed by atoms with van der Waals surface area (Å²) in [7, 11) is 0. The molecule has 0 fully saturated rings. The molecule has 0 radical (unpaired) electrons. The minimum Gasteiger partial charge on any atom is -0.507 e. The Kier molecular flexibility index (Phi) is 7.64. The van der Waals surface area contributed by atoms with E-state index in [1.807, 2.05) is 24.3 Å². The molecule has 0 atom stereocenters. The number of nitrogens with one attached hydrogen (secondary N) is 1. The van der Waals surface area contributed by atoms with Crippen LogP contribution in [0.25, 0.3) is 10.8 Å². The van der Waals surface area contributed by atoms with E-state index in [9.17, 15) is 14.7 Å². The smallest absolute Gasteiger partial charge is 0.344 e. The maximum Gasteiger partial charge on any atom is 0.344 e. The highest BCUT2D eigenvalue weighted by Crippen LogP contribution is 2.34.